The number of aryl methyl sites for hydroxylation is 1. The van der Waals surface area contributed by atoms with Crippen LogP contribution in [0.15, 0.2) is 36.8 Å². The van der Waals surface area contributed by atoms with Gasteiger partial charge in [0.2, 0.25) is 5.91 Å². The van der Waals surface area contributed by atoms with Crippen molar-refractivity contribution in [2.24, 2.45) is 5.92 Å². The molecule has 9 heteroatoms. The number of rotatable bonds is 15. The molecule has 2 aliphatic heterocycles. The predicted octanol–water partition coefficient (Wildman–Crippen LogP) is 3.63. The lowest BCUT2D eigenvalue weighted by molar-refractivity contribution is -0.870. The van der Waals surface area contributed by atoms with E-state index >= 15 is 0 Å². The lowest BCUT2D eigenvalue weighted by Gasteiger charge is -2.30. The molecule has 0 bridgehead atoms. The number of hydrogen-bond acceptors (Lipinski definition) is 6. The molecule has 1 aromatic carbocycles. The molecule has 1 saturated heterocycles. The van der Waals surface area contributed by atoms with E-state index in [4.69, 9.17) is 4.74 Å². The minimum absolute atomic E-state index is 0.0999. The topological polar surface area (TPSA) is 95.9 Å². The monoisotopic (exact) mass is 566 g/mol. The number of quaternary nitrogens is 1. The number of nitrogens with zero attached hydrogens (tertiary/aromatic N) is 5. The first-order chi connectivity index (χ1) is 19.7. The molecule has 9 nitrogen and oxygen atoms in total. The molecule has 41 heavy (non-hydrogen) atoms. The Morgan fingerprint density at radius 2 is 1.95 bits per heavy atom. The van der Waals surface area contributed by atoms with Crippen molar-refractivity contribution in [1.29, 1.82) is 0 Å². The molecule has 224 valence electrons. The zero-order valence-electron chi connectivity index (χ0n) is 25.3. The number of likely N-dealkylation sites (tertiary alicyclic amines) is 1. The third kappa shape index (κ3) is 8.49. The summed E-state index contributed by atoms with van der Waals surface area (Å²) in [5.74, 6) is -0.628. The van der Waals surface area contributed by atoms with Crippen LogP contribution in [0.4, 0.5) is 0 Å². The number of carboxylic acid groups (broad SMARTS) is 1. The number of ether oxygens (including phenoxy) is 1. The molecule has 3 heterocycles. The Bertz CT molecular complexity index is 1150. The van der Waals surface area contributed by atoms with E-state index in [1.54, 1.807) is 6.20 Å². The first-order valence-electron chi connectivity index (χ1n) is 15.2. The summed E-state index contributed by atoms with van der Waals surface area (Å²) in [6.45, 7) is 6.15. The molecule has 1 N–H and O–H groups in total. The summed E-state index contributed by atoms with van der Waals surface area (Å²) in [7, 11) is 6.58. The van der Waals surface area contributed by atoms with Crippen molar-refractivity contribution in [1.82, 2.24) is 19.8 Å². The van der Waals surface area contributed by atoms with Gasteiger partial charge in [-0.2, -0.15) is 0 Å². The van der Waals surface area contributed by atoms with Crippen LogP contribution < -0.4 is 4.74 Å². The van der Waals surface area contributed by atoms with Crippen LogP contribution in [0, 0.1) is 5.92 Å². The van der Waals surface area contributed by atoms with Crippen LogP contribution in [0.25, 0.3) is 0 Å². The molecule has 0 aliphatic carbocycles. The van der Waals surface area contributed by atoms with Crippen molar-refractivity contribution in [2.75, 3.05) is 60.5 Å². The van der Waals surface area contributed by atoms with Crippen LogP contribution in [-0.2, 0) is 22.4 Å². The molecule has 1 fully saturated rings. The number of unbranched alkanes of at least 4 members (excludes halogenated alkanes) is 2. The number of carbonyl (C=O) groups is 2. The first-order valence-corrected chi connectivity index (χ1v) is 15.2. The Morgan fingerprint density at radius 1 is 1.15 bits per heavy atom. The van der Waals surface area contributed by atoms with Crippen molar-refractivity contribution in [3.63, 3.8) is 0 Å². The van der Waals surface area contributed by atoms with Gasteiger partial charge in [-0.25, -0.2) is 9.97 Å². The number of amides is 1. The summed E-state index contributed by atoms with van der Waals surface area (Å²) in [5, 5.41) is 10.5. The number of fused-ring (bicyclic) bond motifs is 1. The maximum atomic E-state index is 13.8. The highest BCUT2D eigenvalue weighted by Crippen LogP contribution is 2.41. The van der Waals surface area contributed by atoms with E-state index in [2.05, 4.69) is 49.0 Å². The van der Waals surface area contributed by atoms with Crippen LogP contribution in [0.1, 0.15) is 61.8 Å². The molecule has 1 aromatic heterocycles. The van der Waals surface area contributed by atoms with Crippen molar-refractivity contribution in [3.05, 3.63) is 53.6 Å². The fraction of sp³-hybridized carbons (Fsp3) is 0.625. The predicted molar refractivity (Wildman–Crippen MR) is 159 cm³/mol. The third-order valence-electron chi connectivity index (χ3n) is 8.49. The van der Waals surface area contributed by atoms with Gasteiger partial charge in [-0.15, -0.1) is 0 Å². The smallest absolute Gasteiger partial charge is 0.308 e. The zero-order chi connectivity index (χ0) is 29.4. The molecule has 2 aromatic rings. The second-order valence-corrected chi connectivity index (χ2v) is 12.6. The quantitative estimate of drug-likeness (QED) is 0.260. The van der Waals surface area contributed by atoms with Gasteiger partial charge in [0.05, 0.1) is 46.8 Å². The molecular weight excluding hydrogens is 518 g/mol. The maximum absolute atomic E-state index is 13.8. The Morgan fingerprint density at radius 3 is 2.66 bits per heavy atom. The second-order valence-electron chi connectivity index (χ2n) is 12.6. The van der Waals surface area contributed by atoms with Crippen LogP contribution in [0.3, 0.4) is 0 Å². The summed E-state index contributed by atoms with van der Waals surface area (Å²) in [5.41, 5.74) is 3.04. The van der Waals surface area contributed by atoms with E-state index in [9.17, 15) is 14.7 Å². The Kier molecular flexibility index (Phi) is 10.7. The van der Waals surface area contributed by atoms with Gasteiger partial charge in [-0.3, -0.25) is 14.5 Å². The van der Waals surface area contributed by atoms with Crippen LogP contribution in [0.5, 0.6) is 5.75 Å². The first kappa shape index (κ1) is 30.9. The number of benzene rings is 1. The van der Waals surface area contributed by atoms with E-state index in [1.807, 2.05) is 23.1 Å². The van der Waals surface area contributed by atoms with E-state index in [0.29, 0.717) is 26.0 Å². The Labute approximate surface area is 245 Å². The number of carbonyl (C=O) groups excluding carboxylic acids is 1. The molecule has 1 amide bonds. The van der Waals surface area contributed by atoms with Crippen LogP contribution >= 0.6 is 0 Å². The third-order valence-corrected chi connectivity index (χ3v) is 8.49. The van der Waals surface area contributed by atoms with Gasteiger partial charge in [0.1, 0.15) is 12.1 Å². The van der Waals surface area contributed by atoms with Gasteiger partial charge in [-0.1, -0.05) is 25.5 Å². The van der Waals surface area contributed by atoms with Crippen molar-refractivity contribution in [2.45, 2.75) is 63.8 Å². The minimum Gasteiger partial charge on any atom is -0.493 e. The molecule has 0 saturated carbocycles. The molecule has 0 radical (unpaired) electrons. The molecule has 0 spiro atoms. The van der Waals surface area contributed by atoms with Crippen LogP contribution in [0.2, 0.25) is 0 Å². The number of hydrogen-bond donors (Lipinski definition) is 1. The van der Waals surface area contributed by atoms with E-state index in [-0.39, 0.29) is 24.4 Å². The Balaban J connectivity index is 1.54. The van der Waals surface area contributed by atoms with Gasteiger partial charge in [0.15, 0.2) is 0 Å². The summed E-state index contributed by atoms with van der Waals surface area (Å²) >= 11 is 0. The zero-order valence-corrected chi connectivity index (χ0v) is 25.3. The van der Waals surface area contributed by atoms with Gasteiger partial charge >= 0.3 is 5.97 Å². The molecule has 4 rings (SSSR count). The Hall–Kier alpha value is -3.04. The average molecular weight is 567 g/mol. The molecule has 2 aliphatic rings. The summed E-state index contributed by atoms with van der Waals surface area (Å²) in [4.78, 5) is 39.1. The normalized spacial score (nSPS) is 20.5. The highest BCUT2D eigenvalue weighted by molar-refractivity contribution is 5.79. The lowest BCUT2D eigenvalue weighted by atomic mass is 9.83. The van der Waals surface area contributed by atoms with E-state index < -0.39 is 11.9 Å². The largest absolute Gasteiger partial charge is 0.493 e. The SMILES string of the molecule is CCCCN(CCCC[N+](C)(C)C)C(=O)CN1CC(c2ccc3c(c2)CCO3)C(C(=O)O)C1CCc1ccncn1. The summed E-state index contributed by atoms with van der Waals surface area (Å²) < 4.78 is 6.61. The van der Waals surface area contributed by atoms with Gasteiger partial charge < -0.3 is 19.2 Å². The van der Waals surface area contributed by atoms with Crippen molar-refractivity contribution < 1.29 is 23.9 Å². The number of carboxylic acids is 1. The fourth-order valence-electron chi connectivity index (χ4n) is 6.26. The van der Waals surface area contributed by atoms with E-state index in [1.165, 1.54) is 6.33 Å². The average Bonchev–Trinajstić information content (AvgIpc) is 3.55. The second kappa shape index (κ2) is 14.2. The van der Waals surface area contributed by atoms with Crippen molar-refractivity contribution >= 4 is 11.9 Å². The number of aromatic nitrogens is 2. The number of aliphatic carboxylic acids is 1. The van der Waals surface area contributed by atoms with E-state index in [0.717, 1.165) is 78.8 Å². The van der Waals surface area contributed by atoms with Gasteiger partial charge in [0, 0.05) is 49.9 Å². The fourth-order valence-corrected chi connectivity index (χ4v) is 6.26. The summed E-state index contributed by atoms with van der Waals surface area (Å²) in [6, 6.07) is 7.71. The molecule has 3 atom stereocenters. The van der Waals surface area contributed by atoms with Crippen LogP contribution in [-0.4, -0.2) is 108 Å². The highest BCUT2D eigenvalue weighted by Gasteiger charge is 2.47. The molecule has 3 unspecified atom stereocenters. The van der Waals surface area contributed by atoms with Gasteiger partial charge in [0.25, 0.3) is 0 Å². The highest BCUT2D eigenvalue weighted by atomic mass is 16.5. The maximum Gasteiger partial charge on any atom is 0.308 e. The minimum atomic E-state index is -0.808. The van der Waals surface area contributed by atoms with Crippen molar-refractivity contribution in [3.8, 4) is 5.75 Å². The van der Waals surface area contributed by atoms with Gasteiger partial charge in [-0.05, 0) is 55.4 Å². The summed E-state index contributed by atoms with van der Waals surface area (Å²) in [6.07, 6.45) is 9.37. The standard InChI is InChI=1S/C32H47N5O4/c1-5-6-16-35(17-7-8-18-37(2,3)4)30(38)22-36-21-27(24-9-12-29-25(20-24)14-19-41-29)31(32(39)40)28(36)11-10-26-13-15-33-23-34-26/h9,12-13,15,20,23,27-28,31H,5-8,10-11,14,16-19,21-22H2,1-4H3/p+1. The lowest BCUT2D eigenvalue weighted by Crippen LogP contribution is -2.45. The molecular formula is C32H48N5O4+.